The van der Waals surface area contributed by atoms with Gasteiger partial charge in [0, 0.05) is 25.5 Å². The molecule has 0 spiro atoms. The van der Waals surface area contributed by atoms with Gasteiger partial charge in [-0.15, -0.1) is 0 Å². The number of nitrogens with one attached hydrogen (secondary N) is 1. The second-order valence-electron chi connectivity index (χ2n) is 6.67. The van der Waals surface area contributed by atoms with Crippen LogP contribution in [0.3, 0.4) is 0 Å². The highest BCUT2D eigenvalue weighted by Gasteiger charge is 2.18. The number of benzene rings is 1. The van der Waals surface area contributed by atoms with Crippen LogP contribution in [0.4, 0.5) is 4.79 Å². The van der Waals surface area contributed by atoms with Crippen LogP contribution >= 0.6 is 0 Å². The molecule has 1 N–H and O–H groups in total. The van der Waals surface area contributed by atoms with Gasteiger partial charge < -0.3 is 19.2 Å². The van der Waals surface area contributed by atoms with Crippen molar-refractivity contribution in [1.82, 2.24) is 19.8 Å². The van der Waals surface area contributed by atoms with Crippen molar-refractivity contribution in [2.24, 2.45) is 0 Å². The van der Waals surface area contributed by atoms with E-state index in [2.05, 4.69) is 46.9 Å². The first kappa shape index (κ1) is 18.8. The number of aromatic nitrogens is 2. The second kappa shape index (κ2) is 8.58. The number of hydrogen-bond donors (Lipinski definition) is 1. The van der Waals surface area contributed by atoms with E-state index in [-0.39, 0.29) is 6.03 Å². The van der Waals surface area contributed by atoms with Crippen molar-refractivity contribution in [3.05, 3.63) is 77.3 Å². The highest BCUT2D eigenvalue weighted by molar-refractivity contribution is 5.73. The van der Waals surface area contributed by atoms with Crippen LogP contribution in [0.25, 0.3) is 0 Å². The van der Waals surface area contributed by atoms with E-state index >= 15 is 0 Å². The van der Waals surface area contributed by atoms with Gasteiger partial charge in [0.05, 0.1) is 19.4 Å². The van der Waals surface area contributed by atoms with Gasteiger partial charge in [-0.05, 0) is 44.0 Å². The number of imidazole rings is 1. The maximum Gasteiger partial charge on any atom is 0.318 e. The third-order valence-electron chi connectivity index (χ3n) is 4.52. The predicted molar refractivity (Wildman–Crippen MR) is 104 cm³/mol. The van der Waals surface area contributed by atoms with Gasteiger partial charge in [-0.1, -0.05) is 23.8 Å². The van der Waals surface area contributed by atoms with Crippen molar-refractivity contribution in [3.63, 3.8) is 0 Å². The summed E-state index contributed by atoms with van der Waals surface area (Å²) in [5.41, 5.74) is 3.74. The summed E-state index contributed by atoms with van der Waals surface area (Å²) in [6.45, 7) is 8.22. The van der Waals surface area contributed by atoms with Crippen LogP contribution in [0, 0.1) is 13.8 Å². The van der Waals surface area contributed by atoms with E-state index in [4.69, 9.17) is 4.42 Å². The number of nitrogens with zero attached hydrogens (tertiary/aromatic N) is 3. The smallest absolute Gasteiger partial charge is 0.318 e. The molecule has 0 aliphatic rings. The Bertz CT molecular complexity index is 883. The standard InChI is InChI=1S/C21H26N4O2/c1-4-22-21(26)25(14-19-6-5-11-27-19)15-20-23-9-10-24(20)13-18-12-16(2)7-8-17(18)3/h5-12H,4,13-15H2,1-3H3,(H,22,26). The fraction of sp³-hybridized carbons (Fsp3) is 0.333. The molecular weight excluding hydrogens is 340 g/mol. The average molecular weight is 366 g/mol. The predicted octanol–water partition coefficient (Wildman–Crippen LogP) is 3.87. The normalized spacial score (nSPS) is 10.8. The van der Waals surface area contributed by atoms with Crippen molar-refractivity contribution in [3.8, 4) is 0 Å². The number of carbonyl (C=O) groups excluding carboxylic acids is 1. The summed E-state index contributed by atoms with van der Waals surface area (Å²) in [6, 6.07) is 10.0. The van der Waals surface area contributed by atoms with E-state index in [9.17, 15) is 4.79 Å². The molecule has 27 heavy (non-hydrogen) atoms. The van der Waals surface area contributed by atoms with Crippen molar-refractivity contribution in [1.29, 1.82) is 0 Å². The van der Waals surface area contributed by atoms with E-state index in [0.717, 1.165) is 18.1 Å². The lowest BCUT2D eigenvalue weighted by Crippen LogP contribution is -2.39. The summed E-state index contributed by atoms with van der Waals surface area (Å²) in [5, 5.41) is 2.86. The van der Waals surface area contributed by atoms with Crippen LogP contribution in [-0.4, -0.2) is 27.0 Å². The Kier molecular flexibility index (Phi) is 5.96. The van der Waals surface area contributed by atoms with Gasteiger partial charge in [-0.2, -0.15) is 0 Å². The Morgan fingerprint density at radius 1 is 1.26 bits per heavy atom. The lowest BCUT2D eigenvalue weighted by atomic mass is 10.1. The van der Waals surface area contributed by atoms with E-state index in [1.54, 1.807) is 17.4 Å². The number of furan rings is 1. The monoisotopic (exact) mass is 366 g/mol. The third kappa shape index (κ3) is 4.78. The first-order valence-corrected chi connectivity index (χ1v) is 9.18. The van der Waals surface area contributed by atoms with Crippen molar-refractivity contribution in [2.75, 3.05) is 6.54 Å². The third-order valence-corrected chi connectivity index (χ3v) is 4.52. The summed E-state index contributed by atoms with van der Waals surface area (Å²) >= 11 is 0. The van der Waals surface area contributed by atoms with E-state index in [1.807, 2.05) is 25.3 Å². The quantitative estimate of drug-likeness (QED) is 0.690. The molecule has 2 aromatic heterocycles. The molecule has 0 saturated heterocycles. The number of hydrogen-bond acceptors (Lipinski definition) is 3. The Morgan fingerprint density at radius 3 is 2.85 bits per heavy atom. The molecule has 0 bridgehead atoms. The van der Waals surface area contributed by atoms with Gasteiger partial charge in [0.15, 0.2) is 0 Å². The summed E-state index contributed by atoms with van der Waals surface area (Å²) < 4.78 is 7.51. The van der Waals surface area contributed by atoms with Gasteiger partial charge >= 0.3 is 6.03 Å². The first-order valence-electron chi connectivity index (χ1n) is 9.18. The van der Waals surface area contributed by atoms with Crippen molar-refractivity contribution in [2.45, 2.75) is 40.4 Å². The Hall–Kier alpha value is -3.02. The lowest BCUT2D eigenvalue weighted by Gasteiger charge is -2.22. The summed E-state index contributed by atoms with van der Waals surface area (Å²) in [7, 11) is 0. The van der Waals surface area contributed by atoms with Crippen molar-refractivity contribution >= 4 is 6.03 Å². The van der Waals surface area contributed by atoms with Gasteiger partial charge in [0.1, 0.15) is 11.6 Å². The molecule has 3 aromatic rings. The number of aryl methyl sites for hydroxylation is 2. The first-order chi connectivity index (χ1) is 13.1. The van der Waals surface area contributed by atoms with Crippen LogP contribution in [0.15, 0.2) is 53.4 Å². The molecule has 0 unspecified atom stereocenters. The summed E-state index contributed by atoms with van der Waals surface area (Å²) in [6.07, 6.45) is 5.36. The zero-order valence-corrected chi connectivity index (χ0v) is 16.1. The minimum Gasteiger partial charge on any atom is -0.467 e. The lowest BCUT2D eigenvalue weighted by molar-refractivity contribution is 0.185. The van der Waals surface area contributed by atoms with Gasteiger partial charge in [-0.3, -0.25) is 0 Å². The summed E-state index contributed by atoms with van der Waals surface area (Å²) in [4.78, 5) is 18.7. The minimum absolute atomic E-state index is 0.129. The topological polar surface area (TPSA) is 63.3 Å². The summed E-state index contributed by atoms with van der Waals surface area (Å²) in [5.74, 6) is 1.59. The molecular formula is C21H26N4O2. The van der Waals surface area contributed by atoms with Crippen LogP contribution in [0.5, 0.6) is 0 Å². The Morgan fingerprint density at radius 2 is 2.11 bits per heavy atom. The van der Waals surface area contributed by atoms with E-state index in [1.165, 1.54) is 16.7 Å². The van der Waals surface area contributed by atoms with Crippen LogP contribution in [0.1, 0.15) is 35.2 Å². The van der Waals surface area contributed by atoms with Gasteiger partial charge in [0.2, 0.25) is 0 Å². The molecule has 1 aromatic carbocycles. The maximum atomic E-state index is 12.5. The van der Waals surface area contributed by atoms with Crippen molar-refractivity contribution < 1.29 is 9.21 Å². The largest absolute Gasteiger partial charge is 0.467 e. The average Bonchev–Trinajstić information content (AvgIpc) is 3.30. The molecule has 0 fully saturated rings. The maximum absolute atomic E-state index is 12.5. The highest BCUT2D eigenvalue weighted by Crippen LogP contribution is 2.15. The molecule has 2 amide bonds. The molecule has 6 heteroatoms. The van der Waals surface area contributed by atoms with Gasteiger partial charge in [-0.25, -0.2) is 9.78 Å². The Balaban J connectivity index is 1.79. The van der Waals surface area contributed by atoms with E-state index < -0.39 is 0 Å². The van der Waals surface area contributed by atoms with E-state index in [0.29, 0.717) is 19.6 Å². The minimum atomic E-state index is -0.129. The fourth-order valence-electron chi connectivity index (χ4n) is 3.01. The highest BCUT2D eigenvalue weighted by atomic mass is 16.3. The molecule has 3 rings (SSSR count). The number of urea groups is 1. The fourth-order valence-corrected chi connectivity index (χ4v) is 3.01. The molecule has 0 aliphatic heterocycles. The second-order valence-corrected chi connectivity index (χ2v) is 6.67. The molecule has 2 heterocycles. The van der Waals surface area contributed by atoms with Crippen LogP contribution < -0.4 is 5.32 Å². The molecule has 6 nitrogen and oxygen atoms in total. The van der Waals surface area contributed by atoms with Gasteiger partial charge in [0.25, 0.3) is 0 Å². The zero-order valence-electron chi connectivity index (χ0n) is 16.1. The molecule has 0 aliphatic carbocycles. The zero-order chi connectivity index (χ0) is 19.2. The molecule has 142 valence electrons. The van der Waals surface area contributed by atoms with Crippen LogP contribution in [0.2, 0.25) is 0 Å². The number of amides is 2. The number of rotatable bonds is 7. The molecule has 0 radical (unpaired) electrons. The molecule has 0 atom stereocenters. The Labute approximate surface area is 159 Å². The molecule has 0 saturated carbocycles. The number of carbonyl (C=O) groups is 1. The van der Waals surface area contributed by atoms with Crippen LogP contribution in [-0.2, 0) is 19.6 Å². The SMILES string of the molecule is CCNC(=O)N(Cc1ccco1)Cc1nccn1Cc1cc(C)ccc1C.